The lowest BCUT2D eigenvalue weighted by molar-refractivity contribution is -0.262. The van der Waals surface area contributed by atoms with Crippen LogP contribution in [0.1, 0.15) is 164 Å². The Kier molecular flexibility index (Phi) is 16.3. The van der Waals surface area contributed by atoms with Crippen molar-refractivity contribution in [2.75, 3.05) is 55.0 Å². The Morgan fingerprint density at radius 3 is 1.55 bits per heavy atom. The summed E-state index contributed by atoms with van der Waals surface area (Å²) >= 11 is 0. The Morgan fingerprint density at radius 2 is 1.17 bits per heavy atom. The highest BCUT2D eigenvalue weighted by molar-refractivity contribution is 5.47. The molecule has 0 amide bonds. The van der Waals surface area contributed by atoms with Crippen molar-refractivity contribution in [1.82, 2.24) is 30.4 Å². The lowest BCUT2D eigenvalue weighted by Crippen LogP contribution is -2.57. The summed E-state index contributed by atoms with van der Waals surface area (Å²) in [4.78, 5) is 34.2. The summed E-state index contributed by atoms with van der Waals surface area (Å²) in [5.74, 6) is 2.08. The molecule has 1 aromatic rings. The smallest absolute Gasteiger partial charge is 0.232 e. The molecule has 12 nitrogen and oxygen atoms in total. The number of aliphatic hydroxyl groups excluding tert-OH is 1. The standard InChI is InChI=1S/C41H77N9O3/c1-8-10-25-47(32-22-27-49(40(3,4)30-32)52-34-18-14-12-15-19-34)38-44-37(43-36(42-7)24-29-51)45-39(46-38)48(26-11-9-2)33-23-28-50(41(5,6)31-33)53-35-20-16-13-17-21-35/h32-36,42,51H,8-31H2,1-7H3,(H,43,44,45,46). The molecule has 2 saturated carbocycles. The quantitative estimate of drug-likeness (QED) is 0.122. The first-order valence-corrected chi connectivity index (χ1v) is 21.8. The number of hydrogen-bond acceptors (Lipinski definition) is 12. The van der Waals surface area contributed by atoms with Crippen molar-refractivity contribution in [2.45, 2.75) is 205 Å². The van der Waals surface area contributed by atoms with Crippen LogP contribution >= 0.6 is 0 Å². The third-order valence-electron chi connectivity index (χ3n) is 12.4. The second-order valence-electron chi connectivity index (χ2n) is 17.7. The largest absolute Gasteiger partial charge is 0.396 e. The molecule has 2 aliphatic carbocycles. The number of piperidine rings is 2. The lowest BCUT2D eigenvalue weighted by Gasteiger charge is -2.49. The molecule has 3 unspecified atom stereocenters. The maximum absolute atomic E-state index is 9.84. The van der Waals surface area contributed by atoms with Crippen LogP contribution in [0.2, 0.25) is 0 Å². The first-order valence-electron chi connectivity index (χ1n) is 21.8. The van der Waals surface area contributed by atoms with Crippen LogP contribution in [0.4, 0.5) is 17.8 Å². The summed E-state index contributed by atoms with van der Waals surface area (Å²) in [6, 6.07) is 0.568. The topological polar surface area (TPSA) is 114 Å². The maximum Gasteiger partial charge on any atom is 0.232 e. The van der Waals surface area contributed by atoms with Crippen LogP contribution in [0.5, 0.6) is 0 Å². The van der Waals surface area contributed by atoms with Crippen molar-refractivity contribution in [3.05, 3.63) is 0 Å². The van der Waals surface area contributed by atoms with E-state index < -0.39 is 0 Å². The number of nitrogens with one attached hydrogen (secondary N) is 2. The van der Waals surface area contributed by atoms with E-state index in [1.54, 1.807) is 0 Å². The van der Waals surface area contributed by atoms with Crippen molar-refractivity contribution in [3.8, 4) is 0 Å². The molecule has 3 N–H and O–H groups in total. The zero-order valence-corrected chi connectivity index (χ0v) is 34.8. The Balaban J connectivity index is 1.43. The number of nitrogens with zero attached hydrogens (tertiary/aromatic N) is 7. The molecule has 0 aromatic carbocycles. The van der Waals surface area contributed by atoms with E-state index in [1.807, 2.05) is 7.05 Å². The van der Waals surface area contributed by atoms with E-state index >= 15 is 0 Å². The summed E-state index contributed by atoms with van der Waals surface area (Å²) in [6.07, 6.45) is 21.8. The van der Waals surface area contributed by atoms with Gasteiger partial charge in [0.2, 0.25) is 17.8 Å². The van der Waals surface area contributed by atoms with Crippen LogP contribution in [-0.2, 0) is 9.68 Å². The van der Waals surface area contributed by atoms with Gasteiger partial charge in [0.15, 0.2) is 0 Å². The van der Waals surface area contributed by atoms with Crippen molar-refractivity contribution < 1.29 is 14.8 Å². The number of hydrogen-bond donors (Lipinski definition) is 3. The molecule has 4 aliphatic rings. The Labute approximate surface area is 322 Å². The zero-order valence-electron chi connectivity index (χ0n) is 34.8. The number of unbranched alkanes of at least 4 members (excludes halogenated alkanes) is 2. The van der Waals surface area contributed by atoms with Crippen molar-refractivity contribution in [2.24, 2.45) is 0 Å². The van der Waals surface area contributed by atoms with Crippen LogP contribution in [-0.4, -0.2) is 112 Å². The molecule has 3 atom stereocenters. The monoisotopic (exact) mass is 744 g/mol. The number of rotatable bonds is 19. The van der Waals surface area contributed by atoms with Crippen LogP contribution in [0.3, 0.4) is 0 Å². The molecular weight excluding hydrogens is 667 g/mol. The van der Waals surface area contributed by atoms with Crippen LogP contribution in [0.15, 0.2) is 0 Å². The molecule has 0 spiro atoms. The first kappa shape index (κ1) is 42.3. The molecule has 4 fully saturated rings. The molecule has 3 heterocycles. The van der Waals surface area contributed by atoms with E-state index in [0.29, 0.717) is 24.6 Å². The van der Waals surface area contributed by atoms with Crippen LogP contribution in [0, 0.1) is 0 Å². The molecule has 2 saturated heterocycles. The molecule has 304 valence electrons. The van der Waals surface area contributed by atoms with Gasteiger partial charge in [0.05, 0.1) is 18.4 Å². The molecule has 2 aliphatic heterocycles. The second kappa shape index (κ2) is 20.4. The average molecular weight is 744 g/mol. The fourth-order valence-electron chi connectivity index (χ4n) is 9.12. The normalized spacial score (nSPS) is 25.3. The fraction of sp³-hybridized carbons (Fsp3) is 0.927. The van der Waals surface area contributed by atoms with Crippen molar-refractivity contribution >= 4 is 17.8 Å². The molecule has 53 heavy (non-hydrogen) atoms. The minimum Gasteiger partial charge on any atom is -0.396 e. The lowest BCUT2D eigenvalue weighted by atomic mass is 9.87. The zero-order chi connectivity index (χ0) is 37.8. The van der Waals surface area contributed by atoms with Gasteiger partial charge in [0, 0.05) is 62.4 Å². The van der Waals surface area contributed by atoms with Crippen molar-refractivity contribution in [1.29, 1.82) is 0 Å². The number of aromatic nitrogens is 3. The average Bonchev–Trinajstić information content (AvgIpc) is 3.14. The van der Waals surface area contributed by atoms with Crippen molar-refractivity contribution in [3.63, 3.8) is 0 Å². The third kappa shape index (κ3) is 11.8. The predicted octanol–water partition coefficient (Wildman–Crippen LogP) is 7.44. The minimum absolute atomic E-state index is 0.0712. The van der Waals surface area contributed by atoms with Gasteiger partial charge >= 0.3 is 0 Å². The minimum atomic E-state index is -0.158. The maximum atomic E-state index is 9.84. The van der Waals surface area contributed by atoms with E-state index in [4.69, 9.17) is 24.6 Å². The Morgan fingerprint density at radius 1 is 0.717 bits per heavy atom. The summed E-state index contributed by atoms with van der Waals surface area (Å²) < 4.78 is 0. The third-order valence-corrected chi connectivity index (χ3v) is 12.4. The van der Waals surface area contributed by atoms with E-state index in [1.165, 1.54) is 64.2 Å². The second-order valence-corrected chi connectivity index (χ2v) is 17.7. The van der Waals surface area contributed by atoms with E-state index in [0.717, 1.165) is 89.4 Å². The number of hydroxylamine groups is 4. The van der Waals surface area contributed by atoms with Crippen LogP contribution < -0.4 is 20.4 Å². The molecular formula is C41H77N9O3. The van der Waals surface area contributed by atoms with E-state index in [-0.39, 0.29) is 35.9 Å². The SMILES string of the molecule is CCCCN(c1nc(NC(CCO)NC)nc(N(CCCC)C2CCN(OC3CCCCC3)C(C)(C)C2)n1)C1CCN(OC2CCCCC2)C(C)(C)C1. The van der Waals surface area contributed by atoms with Gasteiger partial charge in [-0.3, -0.25) is 9.68 Å². The van der Waals surface area contributed by atoms with Gasteiger partial charge in [-0.1, -0.05) is 65.2 Å². The van der Waals surface area contributed by atoms with Gasteiger partial charge in [-0.05, 0) is 99.0 Å². The molecule has 5 rings (SSSR count). The highest BCUT2D eigenvalue weighted by Crippen LogP contribution is 2.37. The van der Waals surface area contributed by atoms with E-state index in [9.17, 15) is 5.11 Å². The number of aliphatic hydroxyl groups is 1. The molecule has 12 heteroatoms. The molecule has 1 aromatic heterocycles. The van der Waals surface area contributed by atoms with E-state index in [2.05, 4.69) is 72.1 Å². The summed E-state index contributed by atoms with van der Waals surface area (Å²) in [7, 11) is 1.91. The number of anilines is 3. The Hall–Kier alpha value is -1.83. The summed E-state index contributed by atoms with van der Waals surface area (Å²) in [5.41, 5.74) is -0.209. The summed E-state index contributed by atoms with van der Waals surface area (Å²) in [5, 5.41) is 21.3. The van der Waals surface area contributed by atoms with Gasteiger partial charge in [0.1, 0.15) is 0 Å². The van der Waals surface area contributed by atoms with Crippen LogP contribution in [0.25, 0.3) is 0 Å². The van der Waals surface area contributed by atoms with Gasteiger partial charge in [0.25, 0.3) is 0 Å². The van der Waals surface area contributed by atoms with Gasteiger partial charge in [-0.15, -0.1) is 0 Å². The Bertz CT molecular complexity index is 1130. The highest BCUT2D eigenvalue weighted by atomic mass is 16.7. The predicted molar refractivity (Wildman–Crippen MR) is 216 cm³/mol. The summed E-state index contributed by atoms with van der Waals surface area (Å²) in [6.45, 7) is 17.6. The molecule has 0 radical (unpaired) electrons. The van der Waals surface area contributed by atoms with Gasteiger partial charge in [-0.25, -0.2) is 0 Å². The highest BCUT2D eigenvalue weighted by Gasteiger charge is 2.42. The van der Waals surface area contributed by atoms with Gasteiger partial charge < -0.3 is 25.5 Å². The first-order chi connectivity index (χ1) is 25.6. The van der Waals surface area contributed by atoms with Gasteiger partial charge in [-0.2, -0.15) is 25.1 Å². The fourth-order valence-corrected chi connectivity index (χ4v) is 9.12. The molecule has 0 bridgehead atoms.